The summed E-state index contributed by atoms with van der Waals surface area (Å²) in [4.78, 5) is 21.0. The van der Waals surface area contributed by atoms with Gasteiger partial charge in [0.15, 0.2) is 5.96 Å². The number of rotatable bonds is 8. The fourth-order valence-corrected chi connectivity index (χ4v) is 4.02. The van der Waals surface area contributed by atoms with Gasteiger partial charge in [0.1, 0.15) is 5.82 Å². The van der Waals surface area contributed by atoms with Crippen molar-refractivity contribution in [3.8, 4) is 0 Å². The second-order valence-electron chi connectivity index (χ2n) is 7.70. The van der Waals surface area contributed by atoms with Gasteiger partial charge in [0.05, 0.1) is 11.0 Å². The van der Waals surface area contributed by atoms with E-state index in [-0.39, 0.29) is 11.8 Å². The van der Waals surface area contributed by atoms with E-state index in [1.807, 2.05) is 6.07 Å². The first-order valence-electron chi connectivity index (χ1n) is 10.8. The van der Waals surface area contributed by atoms with Gasteiger partial charge in [-0.15, -0.1) is 0 Å². The third-order valence-corrected chi connectivity index (χ3v) is 5.61. The Bertz CT molecular complexity index is 822. The molecule has 7 nitrogen and oxygen atoms in total. The number of fused-ring (bicyclic) bond motifs is 1. The predicted octanol–water partition coefficient (Wildman–Crippen LogP) is 2.60. The zero-order valence-electron chi connectivity index (χ0n) is 17.7. The topological polar surface area (TPSA) is 83.3 Å². The Labute approximate surface area is 173 Å². The van der Waals surface area contributed by atoms with E-state index in [2.05, 4.69) is 55.6 Å². The zero-order chi connectivity index (χ0) is 20.5. The maximum atomic E-state index is 12.2. The average molecular weight is 399 g/mol. The molecule has 29 heavy (non-hydrogen) atoms. The van der Waals surface area contributed by atoms with Crippen molar-refractivity contribution in [2.75, 3.05) is 26.7 Å². The number of carbonyl (C=O) groups excluding carboxylic acids is 1. The lowest BCUT2D eigenvalue weighted by Gasteiger charge is -2.21. The number of nitrogens with zero attached hydrogens (tertiary/aromatic N) is 3. The summed E-state index contributed by atoms with van der Waals surface area (Å²) in [5.41, 5.74) is 2.23. The zero-order valence-corrected chi connectivity index (χ0v) is 17.7. The Morgan fingerprint density at radius 1 is 1.10 bits per heavy atom. The molecule has 1 aliphatic carbocycles. The van der Waals surface area contributed by atoms with E-state index >= 15 is 0 Å². The molecule has 1 saturated carbocycles. The molecular weight excluding hydrogens is 364 g/mol. The molecule has 0 atom stereocenters. The van der Waals surface area contributed by atoms with Gasteiger partial charge in [-0.25, -0.2) is 4.98 Å². The Morgan fingerprint density at radius 3 is 2.62 bits per heavy atom. The second-order valence-corrected chi connectivity index (χ2v) is 7.70. The SMILES string of the molecule is CN=C(NCCCn1c(C)nc2ccccc21)NCCNC(=O)C1CCCCC1. The third-order valence-electron chi connectivity index (χ3n) is 5.61. The van der Waals surface area contributed by atoms with Crippen LogP contribution in [-0.2, 0) is 11.3 Å². The van der Waals surface area contributed by atoms with E-state index in [0.29, 0.717) is 13.1 Å². The number of benzene rings is 1. The van der Waals surface area contributed by atoms with E-state index in [1.54, 1.807) is 7.05 Å². The van der Waals surface area contributed by atoms with Crippen LogP contribution in [0.1, 0.15) is 44.3 Å². The summed E-state index contributed by atoms with van der Waals surface area (Å²) in [5, 5.41) is 9.66. The minimum absolute atomic E-state index is 0.206. The van der Waals surface area contributed by atoms with Gasteiger partial charge in [-0.1, -0.05) is 31.4 Å². The van der Waals surface area contributed by atoms with Gasteiger partial charge in [-0.05, 0) is 38.3 Å². The van der Waals surface area contributed by atoms with Gasteiger partial charge < -0.3 is 20.5 Å². The van der Waals surface area contributed by atoms with Gasteiger partial charge in [0.2, 0.25) is 5.91 Å². The van der Waals surface area contributed by atoms with E-state index in [4.69, 9.17) is 0 Å². The number of carbonyl (C=O) groups is 1. The van der Waals surface area contributed by atoms with Crippen molar-refractivity contribution in [1.82, 2.24) is 25.5 Å². The lowest BCUT2D eigenvalue weighted by atomic mass is 9.89. The normalized spacial score (nSPS) is 15.4. The highest BCUT2D eigenvalue weighted by Gasteiger charge is 2.20. The van der Waals surface area contributed by atoms with Crippen molar-refractivity contribution in [2.45, 2.75) is 52.0 Å². The standard InChI is InChI=1S/C22H34N6O/c1-17-27-19-11-6-7-12-20(19)28(17)16-8-13-25-22(23-2)26-15-14-24-21(29)18-9-4-3-5-10-18/h6-7,11-12,18H,3-5,8-10,13-16H2,1-2H3,(H,24,29)(H2,23,25,26). The summed E-state index contributed by atoms with van der Waals surface area (Å²) in [6.07, 6.45) is 6.68. The van der Waals surface area contributed by atoms with Crippen LogP contribution in [0.4, 0.5) is 0 Å². The Kier molecular flexibility index (Phi) is 7.90. The summed E-state index contributed by atoms with van der Waals surface area (Å²) in [5.74, 6) is 2.23. The molecule has 3 N–H and O–H groups in total. The first-order valence-corrected chi connectivity index (χ1v) is 10.8. The number of imidazole rings is 1. The molecule has 1 heterocycles. The maximum Gasteiger partial charge on any atom is 0.223 e. The molecule has 1 fully saturated rings. The largest absolute Gasteiger partial charge is 0.356 e. The van der Waals surface area contributed by atoms with Crippen LogP contribution in [0, 0.1) is 12.8 Å². The lowest BCUT2D eigenvalue weighted by molar-refractivity contribution is -0.125. The fourth-order valence-electron chi connectivity index (χ4n) is 4.02. The van der Waals surface area contributed by atoms with Crippen LogP contribution in [0.15, 0.2) is 29.3 Å². The van der Waals surface area contributed by atoms with Crippen molar-refractivity contribution in [3.63, 3.8) is 0 Å². The third kappa shape index (κ3) is 5.95. The van der Waals surface area contributed by atoms with Crippen molar-refractivity contribution in [3.05, 3.63) is 30.1 Å². The molecule has 1 aromatic heterocycles. The van der Waals surface area contributed by atoms with Crippen molar-refractivity contribution < 1.29 is 4.79 Å². The first-order chi connectivity index (χ1) is 14.2. The Balaban J connectivity index is 1.33. The van der Waals surface area contributed by atoms with E-state index in [9.17, 15) is 4.79 Å². The molecule has 158 valence electrons. The quantitative estimate of drug-likeness (QED) is 0.363. The highest BCUT2D eigenvalue weighted by Crippen LogP contribution is 2.23. The fraction of sp³-hybridized carbons (Fsp3) is 0.591. The minimum Gasteiger partial charge on any atom is -0.356 e. The number of aryl methyl sites for hydroxylation is 2. The molecule has 3 rings (SSSR count). The highest BCUT2D eigenvalue weighted by atomic mass is 16.1. The molecule has 2 aromatic rings. The molecule has 1 aliphatic rings. The summed E-state index contributed by atoms with van der Waals surface area (Å²) in [6.45, 7) is 5.07. The predicted molar refractivity (Wildman–Crippen MR) is 118 cm³/mol. The first kappa shape index (κ1) is 21.1. The van der Waals surface area contributed by atoms with Crippen molar-refractivity contribution in [2.24, 2.45) is 10.9 Å². The molecule has 1 aromatic carbocycles. The lowest BCUT2D eigenvalue weighted by Crippen LogP contribution is -2.43. The van der Waals surface area contributed by atoms with Gasteiger partial charge in [0.25, 0.3) is 0 Å². The van der Waals surface area contributed by atoms with Gasteiger partial charge >= 0.3 is 0 Å². The summed E-state index contributed by atoms with van der Waals surface area (Å²) in [6, 6.07) is 8.24. The molecule has 0 unspecified atom stereocenters. The van der Waals surface area contributed by atoms with Crippen LogP contribution >= 0.6 is 0 Å². The number of amides is 1. The highest BCUT2D eigenvalue weighted by molar-refractivity contribution is 5.80. The van der Waals surface area contributed by atoms with Crippen LogP contribution in [0.3, 0.4) is 0 Å². The Morgan fingerprint density at radius 2 is 1.83 bits per heavy atom. The van der Waals surface area contributed by atoms with Crippen LogP contribution in [0.5, 0.6) is 0 Å². The molecule has 0 saturated heterocycles. The molecule has 0 radical (unpaired) electrons. The molecule has 0 spiro atoms. The van der Waals surface area contributed by atoms with E-state index in [1.165, 1.54) is 24.8 Å². The second kappa shape index (κ2) is 10.8. The number of aromatic nitrogens is 2. The number of hydrogen-bond donors (Lipinski definition) is 3. The van der Waals surface area contributed by atoms with Gasteiger partial charge in [-0.2, -0.15) is 0 Å². The van der Waals surface area contributed by atoms with Crippen molar-refractivity contribution in [1.29, 1.82) is 0 Å². The maximum absolute atomic E-state index is 12.2. The number of aliphatic imine (C=N–C) groups is 1. The molecular formula is C22H34N6O. The number of guanidine groups is 1. The molecule has 0 aliphatic heterocycles. The van der Waals surface area contributed by atoms with Crippen LogP contribution in [-0.4, -0.2) is 48.1 Å². The summed E-state index contributed by atoms with van der Waals surface area (Å²) in [7, 11) is 1.77. The van der Waals surface area contributed by atoms with E-state index in [0.717, 1.165) is 49.7 Å². The molecule has 0 bridgehead atoms. The molecule has 1 amide bonds. The van der Waals surface area contributed by atoms with E-state index < -0.39 is 0 Å². The average Bonchev–Trinajstić information content (AvgIpc) is 3.08. The summed E-state index contributed by atoms with van der Waals surface area (Å²) >= 11 is 0. The Hall–Kier alpha value is -2.57. The molecule has 7 heteroatoms. The smallest absolute Gasteiger partial charge is 0.223 e. The monoisotopic (exact) mass is 398 g/mol. The number of hydrogen-bond acceptors (Lipinski definition) is 3. The van der Waals surface area contributed by atoms with Crippen LogP contribution in [0.2, 0.25) is 0 Å². The minimum atomic E-state index is 0.206. The summed E-state index contributed by atoms with van der Waals surface area (Å²) < 4.78 is 2.26. The number of para-hydroxylation sites is 2. The van der Waals surface area contributed by atoms with Crippen LogP contribution < -0.4 is 16.0 Å². The van der Waals surface area contributed by atoms with Crippen molar-refractivity contribution >= 4 is 22.9 Å². The van der Waals surface area contributed by atoms with Crippen LogP contribution in [0.25, 0.3) is 11.0 Å². The van der Waals surface area contributed by atoms with Gasteiger partial charge in [0, 0.05) is 39.1 Å². The van der Waals surface area contributed by atoms with Gasteiger partial charge in [-0.3, -0.25) is 9.79 Å². The number of nitrogens with one attached hydrogen (secondary N) is 3.